The smallest absolute Gasteiger partial charge is 0.263 e. The Hall–Kier alpha value is -1.20. The van der Waals surface area contributed by atoms with Gasteiger partial charge in [0.1, 0.15) is 5.75 Å². The van der Waals surface area contributed by atoms with E-state index in [4.69, 9.17) is 4.74 Å². The number of thioether (sulfide) groups is 1. The number of likely N-dealkylation sites (tertiary alicyclic amines) is 1. The van der Waals surface area contributed by atoms with Crippen molar-refractivity contribution in [2.45, 2.75) is 38.3 Å². The summed E-state index contributed by atoms with van der Waals surface area (Å²) in [5.74, 6) is 3.08. The molecule has 1 amide bonds. The molecule has 0 aromatic heterocycles. The van der Waals surface area contributed by atoms with Gasteiger partial charge in [-0.3, -0.25) is 4.79 Å². The zero-order chi connectivity index (χ0) is 16.8. The fourth-order valence-electron chi connectivity index (χ4n) is 3.52. The lowest BCUT2D eigenvalue weighted by molar-refractivity contribution is -0.140. The third kappa shape index (κ3) is 4.67. The first kappa shape index (κ1) is 17.6. The highest BCUT2D eigenvalue weighted by Crippen LogP contribution is 2.21. The van der Waals surface area contributed by atoms with Gasteiger partial charge in [0.15, 0.2) is 6.10 Å². The predicted molar refractivity (Wildman–Crippen MR) is 99.6 cm³/mol. The van der Waals surface area contributed by atoms with Crippen LogP contribution in [0.25, 0.3) is 0 Å². The number of carbonyl (C=O) groups is 1. The van der Waals surface area contributed by atoms with Crippen molar-refractivity contribution in [2.75, 3.05) is 37.7 Å². The van der Waals surface area contributed by atoms with Crippen LogP contribution in [0.1, 0.15) is 26.2 Å². The molecule has 24 heavy (non-hydrogen) atoms. The van der Waals surface area contributed by atoms with Gasteiger partial charge >= 0.3 is 0 Å². The highest BCUT2D eigenvalue weighted by molar-refractivity contribution is 7.99. The second kappa shape index (κ2) is 8.77. The van der Waals surface area contributed by atoms with E-state index in [1.807, 2.05) is 49.0 Å². The fraction of sp³-hybridized carbons (Fsp3) is 0.632. The summed E-state index contributed by atoms with van der Waals surface area (Å²) >= 11 is 1.98. The Morgan fingerprint density at radius 2 is 1.96 bits per heavy atom. The SMILES string of the molecule is C[C@H](Oc1ccccc1)C(=O)N1CCCSC[C@H]1CN1CCCC1. The van der Waals surface area contributed by atoms with Gasteiger partial charge in [0.25, 0.3) is 5.91 Å². The molecule has 2 aliphatic rings. The average molecular weight is 349 g/mol. The summed E-state index contributed by atoms with van der Waals surface area (Å²) in [6, 6.07) is 9.95. The summed E-state index contributed by atoms with van der Waals surface area (Å²) in [6.45, 7) is 6.10. The van der Waals surface area contributed by atoms with Gasteiger partial charge in [0, 0.05) is 18.8 Å². The lowest BCUT2D eigenvalue weighted by Crippen LogP contribution is -2.51. The van der Waals surface area contributed by atoms with Gasteiger partial charge in [0.2, 0.25) is 0 Å². The standard InChI is InChI=1S/C19H28N2O2S/c1-16(23-18-8-3-2-4-9-18)19(22)21-12-7-13-24-15-17(21)14-20-10-5-6-11-20/h2-4,8-9,16-17H,5-7,10-15H2,1H3/t16-,17+/m0/s1. The first-order valence-electron chi connectivity index (χ1n) is 9.06. The first-order valence-corrected chi connectivity index (χ1v) is 10.2. The van der Waals surface area contributed by atoms with Crippen LogP contribution in [0.4, 0.5) is 0 Å². The molecule has 2 heterocycles. The van der Waals surface area contributed by atoms with Crippen molar-refractivity contribution in [1.82, 2.24) is 9.80 Å². The predicted octanol–water partition coefficient (Wildman–Crippen LogP) is 2.88. The van der Waals surface area contributed by atoms with Crippen molar-refractivity contribution in [2.24, 2.45) is 0 Å². The van der Waals surface area contributed by atoms with Crippen molar-refractivity contribution in [1.29, 1.82) is 0 Å². The molecule has 2 fully saturated rings. The van der Waals surface area contributed by atoms with Crippen LogP contribution in [0.15, 0.2) is 30.3 Å². The van der Waals surface area contributed by atoms with E-state index < -0.39 is 6.10 Å². The van der Waals surface area contributed by atoms with Gasteiger partial charge in [-0.2, -0.15) is 11.8 Å². The molecule has 0 spiro atoms. The van der Waals surface area contributed by atoms with E-state index in [2.05, 4.69) is 9.80 Å². The van der Waals surface area contributed by atoms with Crippen LogP contribution < -0.4 is 4.74 Å². The van der Waals surface area contributed by atoms with Crippen LogP contribution in [-0.2, 0) is 4.79 Å². The lowest BCUT2D eigenvalue weighted by atomic mass is 10.2. The summed E-state index contributed by atoms with van der Waals surface area (Å²) < 4.78 is 5.88. The summed E-state index contributed by atoms with van der Waals surface area (Å²) in [4.78, 5) is 17.6. The highest BCUT2D eigenvalue weighted by Gasteiger charge is 2.31. The Morgan fingerprint density at radius 3 is 2.71 bits per heavy atom. The summed E-state index contributed by atoms with van der Waals surface area (Å²) in [5.41, 5.74) is 0. The molecule has 0 unspecified atom stereocenters. The van der Waals surface area contributed by atoms with E-state index >= 15 is 0 Å². The zero-order valence-corrected chi connectivity index (χ0v) is 15.3. The Bertz CT molecular complexity index is 519. The maximum Gasteiger partial charge on any atom is 0.263 e. The average Bonchev–Trinajstić information content (AvgIpc) is 3.00. The number of amides is 1. The monoisotopic (exact) mass is 348 g/mol. The number of hydrogen-bond donors (Lipinski definition) is 0. The van der Waals surface area contributed by atoms with Crippen LogP contribution in [0.2, 0.25) is 0 Å². The summed E-state index contributed by atoms with van der Waals surface area (Å²) in [7, 11) is 0. The molecular weight excluding hydrogens is 320 g/mol. The molecule has 5 heteroatoms. The largest absolute Gasteiger partial charge is 0.481 e. The number of ether oxygens (including phenoxy) is 1. The number of rotatable bonds is 5. The summed E-state index contributed by atoms with van der Waals surface area (Å²) in [5, 5.41) is 0. The first-order chi connectivity index (χ1) is 11.7. The molecule has 2 saturated heterocycles. The molecule has 0 saturated carbocycles. The molecule has 0 bridgehead atoms. The Balaban J connectivity index is 1.64. The second-order valence-electron chi connectivity index (χ2n) is 6.69. The topological polar surface area (TPSA) is 32.8 Å². The van der Waals surface area contributed by atoms with Crippen LogP contribution in [0, 0.1) is 0 Å². The van der Waals surface area contributed by atoms with Gasteiger partial charge in [0.05, 0.1) is 6.04 Å². The molecule has 1 aromatic rings. The van der Waals surface area contributed by atoms with E-state index in [9.17, 15) is 4.79 Å². The summed E-state index contributed by atoms with van der Waals surface area (Å²) in [6.07, 6.45) is 3.23. The van der Waals surface area contributed by atoms with Crippen LogP contribution >= 0.6 is 11.8 Å². The van der Waals surface area contributed by atoms with Crippen molar-refractivity contribution in [3.63, 3.8) is 0 Å². The Labute approximate surface area is 149 Å². The minimum absolute atomic E-state index is 0.130. The van der Waals surface area contributed by atoms with Gasteiger partial charge in [-0.25, -0.2) is 0 Å². The maximum atomic E-state index is 13.0. The van der Waals surface area contributed by atoms with Gasteiger partial charge in [-0.05, 0) is 57.2 Å². The van der Waals surface area contributed by atoms with Crippen molar-refractivity contribution >= 4 is 17.7 Å². The van der Waals surface area contributed by atoms with Crippen LogP contribution in [0.3, 0.4) is 0 Å². The molecule has 4 nitrogen and oxygen atoms in total. The lowest BCUT2D eigenvalue weighted by Gasteiger charge is -2.34. The highest BCUT2D eigenvalue weighted by atomic mass is 32.2. The third-order valence-electron chi connectivity index (χ3n) is 4.79. The number of hydrogen-bond acceptors (Lipinski definition) is 4. The molecule has 1 aromatic carbocycles. The molecule has 0 N–H and O–H groups in total. The van der Waals surface area contributed by atoms with E-state index in [1.54, 1.807) is 0 Å². The van der Waals surface area contributed by atoms with Crippen molar-refractivity contribution in [3.05, 3.63) is 30.3 Å². The van der Waals surface area contributed by atoms with Crippen molar-refractivity contribution < 1.29 is 9.53 Å². The molecule has 3 rings (SSSR count). The molecule has 2 aliphatic heterocycles. The van der Waals surface area contributed by atoms with Crippen molar-refractivity contribution in [3.8, 4) is 5.75 Å². The van der Waals surface area contributed by atoms with E-state index in [0.717, 1.165) is 36.8 Å². The zero-order valence-electron chi connectivity index (χ0n) is 14.5. The van der Waals surface area contributed by atoms with Crippen LogP contribution in [0.5, 0.6) is 5.75 Å². The number of para-hydroxylation sites is 1. The minimum Gasteiger partial charge on any atom is -0.481 e. The van der Waals surface area contributed by atoms with E-state index in [0.29, 0.717) is 6.04 Å². The Morgan fingerprint density at radius 1 is 1.21 bits per heavy atom. The fourth-order valence-corrected chi connectivity index (χ4v) is 4.58. The second-order valence-corrected chi connectivity index (χ2v) is 7.84. The van der Waals surface area contributed by atoms with Gasteiger partial charge in [-0.15, -0.1) is 0 Å². The number of benzene rings is 1. The van der Waals surface area contributed by atoms with E-state index in [-0.39, 0.29) is 5.91 Å². The number of nitrogens with zero attached hydrogens (tertiary/aromatic N) is 2. The molecule has 2 atom stereocenters. The maximum absolute atomic E-state index is 13.0. The minimum atomic E-state index is -0.434. The van der Waals surface area contributed by atoms with E-state index in [1.165, 1.54) is 25.9 Å². The molecular formula is C19H28N2O2S. The van der Waals surface area contributed by atoms with Crippen LogP contribution in [-0.4, -0.2) is 65.5 Å². The molecule has 0 radical (unpaired) electrons. The normalized spacial score (nSPS) is 23.7. The molecule has 132 valence electrons. The quantitative estimate of drug-likeness (QED) is 0.819. The number of carbonyl (C=O) groups excluding carboxylic acids is 1. The van der Waals surface area contributed by atoms with Gasteiger partial charge in [-0.1, -0.05) is 18.2 Å². The Kier molecular flexibility index (Phi) is 6.44. The molecule has 0 aliphatic carbocycles. The third-order valence-corrected chi connectivity index (χ3v) is 5.99. The van der Waals surface area contributed by atoms with Gasteiger partial charge < -0.3 is 14.5 Å².